The van der Waals surface area contributed by atoms with Crippen molar-refractivity contribution < 1.29 is 28.2 Å². The Morgan fingerprint density at radius 2 is 1.86 bits per heavy atom. The average Bonchev–Trinajstić information content (AvgIpc) is 3.30. The van der Waals surface area contributed by atoms with E-state index in [0.29, 0.717) is 36.4 Å². The third kappa shape index (κ3) is 5.62. The van der Waals surface area contributed by atoms with Gasteiger partial charge in [-0.05, 0) is 74.8 Å². The summed E-state index contributed by atoms with van der Waals surface area (Å²) in [6.07, 6.45) is 0.410. The quantitative estimate of drug-likeness (QED) is 0.390. The molecular weight excluding hydrogens is 481 g/mol. The third-order valence-corrected chi connectivity index (χ3v) is 7.65. The zero-order chi connectivity index (χ0) is 25.4. The smallest absolute Gasteiger partial charge is 0.433 e. The van der Waals surface area contributed by atoms with E-state index in [9.17, 15) is 28.2 Å². The number of hydrogen-bond acceptors (Lipinski definition) is 7. The Bertz CT molecular complexity index is 1220. The largest absolute Gasteiger partial charge is 0.481 e. The van der Waals surface area contributed by atoms with Crippen LogP contribution >= 0.6 is 11.3 Å². The number of aryl methyl sites for hydroxylation is 1. The number of rotatable bonds is 6. The number of alkyl halides is 3. The summed E-state index contributed by atoms with van der Waals surface area (Å²) in [5.41, 5.74) is -0.0506. The monoisotopic (exact) mass is 506 g/mol. The number of benzene rings is 1. The highest BCUT2D eigenvalue weighted by molar-refractivity contribution is 7.15. The van der Waals surface area contributed by atoms with E-state index in [4.69, 9.17) is 0 Å². The molecule has 11 heteroatoms. The van der Waals surface area contributed by atoms with Gasteiger partial charge in [-0.15, -0.1) is 11.3 Å². The van der Waals surface area contributed by atoms with E-state index in [0.717, 1.165) is 28.3 Å². The van der Waals surface area contributed by atoms with Gasteiger partial charge in [0.15, 0.2) is 0 Å². The van der Waals surface area contributed by atoms with Crippen molar-refractivity contribution in [2.24, 2.45) is 11.8 Å². The number of carboxylic acids is 1. The van der Waals surface area contributed by atoms with Gasteiger partial charge >= 0.3 is 12.1 Å². The van der Waals surface area contributed by atoms with Crippen LogP contribution in [0, 0.1) is 18.8 Å². The number of carboxylic acid groups (broad SMARTS) is 1. The Labute approximate surface area is 204 Å². The Morgan fingerprint density at radius 3 is 2.51 bits per heavy atom. The van der Waals surface area contributed by atoms with Crippen LogP contribution in [0.5, 0.6) is 0 Å². The molecule has 2 aromatic heterocycles. The number of nitrogens with zero attached hydrogens (tertiary/aromatic N) is 3. The Morgan fingerprint density at radius 1 is 1.14 bits per heavy atom. The van der Waals surface area contributed by atoms with Crippen LogP contribution in [0.2, 0.25) is 0 Å². The van der Waals surface area contributed by atoms with Gasteiger partial charge in [-0.3, -0.25) is 4.79 Å². The van der Waals surface area contributed by atoms with Crippen molar-refractivity contribution >= 4 is 28.9 Å². The lowest BCUT2D eigenvalue weighted by atomic mass is 9.74. The first-order chi connectivity index (χ1) is 16.4. The highest BCUT2D eigenvalue weighted by Gasteiger charge is 2.40. The lowest BCUT2D eigenvalue weighted by Gasteiger charge is -2.35. The maximum atomic E-state index is 13.0. The number of aliphatic hydroxyl groups is 1. The maximum absolute atomic E-state index is 13.0. The minimum atomic E-state index is -4.57. The fraction of sp³-hybridized carbons (Fsp3) is 0.417. The fourth-order valence-electron chi connectivity index (χ4n) is 4.42. The van der Waals surface area contributed by atoms with Crippen LogP contribution in [-0.4, -0.2) is 31.1 Å². The second-order valence-electron chi connectivity index (χ2n) is 9.04. The van der Waals surface area contributed by atoms with Crippen molar-refractivity contribution in [3.63, 3.8) is 0 Å². The van der Waals surface area contributed by atoms with E-state index in [-0.39, 0.29) is 17.8 Å². The lowest BCUT2D eigenvalue weighted by Crippen LogP contribution is -2.35. The molecule has 3 aromatic rings. The summed E-state index contributed by atoms with van der Waals surface area (Å²) in [7, 11) is 0. The van der Waals surface area contributed by atoms with E-state index in [2.05, 4.69) is 20.3 Å². The molecule has 3 N–H and O–H groups in total. The fourth-order valence-corrected chi connectivity index (χ4v) is 5.45. The topological polar surface area (TPSA) is 108 Å². The number of thiazole rings is 1. The minimum absolute atomic E-state index is 0.0927. The summed E-state index contributed by atoms with van der Waals surface area (Å²) in [6, 6.07) is 6.26. The molecule has 1 saturated carbocycles. The molecule has 1 fully saturated rings. The molecule has 1 atom stereocenters. The van der Waals surface area contributed by atoms with Crippen LogP contribution in [0.25, 0.3) is 10.4 Å². The molecule has 4 rings (SSSR count). The Kier molecular flexibility index (Phi) is 6.83. The Hall–Kier alpha value is -3.05. The van der Waals surface area contributed by atoms with Gasteiger partial charge in [0, 0.05) is 18.1 Å². The number of halogens is 3. The summed E-state index contributed by atoms with van der Waals surface area (Å²) in [6.45, 7) is 3.58. The maximum Gasteiger partial charge on any atom is 0.433 e. The molecule has 1 aliphatic carbocycles. The van der Waals surface area contributed by atoms with Crippen LogP contribution in [0.15, 0.2) is 36.7 Å². The molecule has 0 aliphatic heterocycles. The number of aromatic nitrogens is 3. The minimum Gasteiger partial charge on any atom is -0.481 e. The first-order valence-electron chi connectivity index (χ1n) is 11.1. The summed E-state index contributed by atoms with van der Waals surface area (Å²) < 4.78 is 38.9. The molecule has 0 unspecified atom stereocenters. The SMILES string of the molecule is Cc1cc(Nc2nccc(C(F)(F)F)n2)cc(-c2cnc([C@@](C)(O)[C@H]3CC[C@H](C(=O)O)CC3)s2)c1. The molecular formula is C24H25F3N4O3S. The standard InChI is InChI=1S/C24H25F3N4O3S/c1-13-9-15(11-17(10-13)30-22-28-8-7-19(31-22)24(25,26)27)18-12-29-21(35-18)23(2,34)16-5-3-14(4-6-16)20(32)33/h7-12,14,16,34H,3-6H2,1-2H3,(H,32,33)(H,28,30,31)/t14-,16-,23-/m0/s1. The van der Waals surface area contributed by atoms with E-state index in [1.54, 1.807) is 25.3 Å². The summed E-state index contributed by atoms with van der Waals surface area (Å²) >= 11 is 1.34. The molecule has 1 aliphatic rings. The van der Waals surface area contributed by atoms with Gasteiger partial charge in [0.1, 0.15) is 16.3 Å². The predicted molar refractivity (Wildman–Crippen MR) is 125 cm³/mol. The molecule has 35 heavy (non-hydrogen) atoms. The van der Waals surface area contributed by atoms with Crippen LogP contribution in [0.1, 0.15) is 48.9 Å². The van der Waals surface area contributed by atoms with Gasteiger partial charge in [0.2, 0.25) is 5.95 Å². The Balaban J connectivity index is 1.54. The van der Waals surface area contributed by atoms with Crippen molar-refractivity contribution in [2.75, 3.05) is 5.32 Å². The van der Waals surface area contributed by atoms with Crippen molar-refractivity contribution in [2.45, 2.75) is 51.3 Å². The van der Waals surface area contributed by atoms with E-state index >= 15 is 0 Å². The van der Waals surface area contributed by atoms with Crippen LogP contribution in [0.3, 0.4) is 0 Å². The molecule has 0 saturated heterocycles. The van der Waals surface area contributed by atoms with Gasteiger partial charge in [-0.2, -0.15) is 13.2 Å². The normalized spacial score (nSPS) is 20.3. The van der Waals surface area contributed by atoms with E-state index < -0.39 is 23.4 Å². The third-order valence-electron chi connectivity index (χ3n) is 6.37. The highest BCUT2D eigenvalue weighted by atomic mass is 32.1. The predicted octanol–water partition coefficient (Wildman–Crippen LogP) is 5.77. The second-order valence-corrected chi connectivity index (χ2v) is 10.1. The first kappa shape index (κ1) is 25.1. The average molecular weight is 507 g/mol. The summed E-state index contributed by atoms with van der Waals surface area (Å²) in [5.74, 6) is -1.42. The van der Waals surface area contributed by atoms with E-state index in [1.165, 1.54) is 11.3 Å². The highest BCUT2D eigenvalue weighted by Crippen LogP contribution is 2.43. The summed E-state index contributed by atoms with van der Waals surface area (Å²) in [5, 5.41) is 23.9. The van der Waals surface area contributed by atoms with Crippen LogP contribution < -0.4 is 5.32 Å². The summed E-state index contributed by atoms with van der Waals surface area (Å²) in [4.78, 5) is 23.9. The molecule has 0 amide bonds. The van der Waals surface area contributed by atoms with Crippen molar-refractivity contribution in [3.05, 3.63) is 52.9 Å². The molecule has 1 aromatic carbocycles. The number of hydrogen-bond donors (Lipinski definition) is 3. The van der Waals surface area contributed by atoms with E-state index in [1.807, 2.05) is 13.0 Å². The van der Waals surface area contributed by atoms with Gasteiger partial charge in [-0.25, -0.2) is 15.0 Å². The number of aliphatic carboxylic acids is 1. The number of nitrogens with one attached hydrogen (secondary N) is 1. The number of anilines is 2. The molecule has 2 heterocycles. The number of carbonyl (C=O) groups is 1. The zero-order valence-corrected chi connectivity index (χ0v) is 20.0. The molecule has 0 spiro atoms. The second kappa shape index (κ2) is 9.54. The van der Waals surface area contributed by atoms with Gasteiger partial charge in [0.05, 0.1) is 10.8 Å². The lowest BCUT2D eigenvalue weighted by molar-refractivity contribution is -0.144. The van der Waals surface area contributed by atoms with Gasteiger partial charge in [-0.1, -0.05) is 6.07 Å². The first-order valence-corrected chi connectivity index (χ1v) is 12.0. The zero-order valence-electron chi connectivity index (χ0n) is 19.1. The van der Waals surface area contributed by atoms with Crippen LogP contribution in [-0.2, 0) is 16.6 Å². The molecule has 186 valence electrons. The van der Waals surface area contributed by atoms with Crippen LogP contribution in [0.4, 0.5) is 24.8 Å². The van der Waals surface area contributed by atoms with Crippen molar-refractivity contribution in [1.82, 2.24) is 15.0 Å². The molecule has 7 nitrogen and oxygen atoms in total. The molecule has 0 bridgehead atoms. The van der Waals surface area contributed by atoms with Crippen molar-refractivity contribution in [1.29, 1.82) is 0 Å². The van der Waals surface area contributed by atoms with Crippen molar-refractivity contribution in [3.8, 4) is 10.4 Å². The molecule has 0 radical (unpaired) electrons. The van der Waals surface area contributed by atoms with Gasteiger partial charge < -0.3 is 15.5 Å². The van der Waals surface area contributed by atoms with Gasteiger partial charge in [0.25, 0.3) is 0 Å².